The molecule has 0 amide bonds. The number of allylic oxidation sites excluding steroid dienone is 1. The molecule has 0 radical (unpaired) electrons. The summed E-state index contributed by atoms with van der Waals surface area (Å²) in [4.78, 5) is 0. The van der Waals surface area contributed by atoms with Crippen LogP contribution in [-0.4, -0.2) is 5.11 Å². The van der Waals surface area contributed by atoms with E-state index in [0.29, 0.717) is 12.2 Å². The molecule has 9 heavy (non-hydrogen) atoms. The van der Waals surface area contributed by atoms with Gasteiger partial charge in [0.1, 0.15) is 5.76 Å². The third-order valence-electron chi connectivity index (χ3n) is 1.05. The van der Waals surface area contributed by atoms with Crippen molar-refractivity contribution < 1.29 is 9.52 Å². The number of hydrogen-bond acceptors (Lipinski definition) is 2. The molecule has 0 aromatic carbocycles. The third kappa shape index (κ3) is 1.13. The Kier molecular flexibility index (Phi) is 1.58. The highest BCUT2D eigenvalue weighted by atomic mass is 16.4. The first-order chi connectivity index (χ1) is 4.34. The molecule has 1 heterocycles. The van der Waals surface area contributed by atoms with Crippen molar-refractivity contribution in [1.29, 1.82) is 0 Å². The van der Waals surface area contributed by atoms with E-state index in [0.717, 1.165) is 0 Å². The molecule has 2 nitrogen and oxygen atoms in total. The van der Waals surface area contributed by atoms with Gasteiger partial charge in [0.05, 0.1) is 6.26 Å². The van der Waals surface area contributed by atoms with Crippen LogP contribution in [0.15, 0.2) is 29.4 Å². The Morgan fingerprint density at radius 1 is 1.78 bits per heavy atom. The van der Waals surface area contributed by atoms with Crippen molar-refractivity contribution in [2.24, 2.45) is 0 Å². The van der Waals surface area contributed by atoms with Crippen molar-refractivity contribution in [2.75, 3.05) is 0 Å². The lowest BCUT2D eigenvalue weighted by Crippen LogP contribution is -1.72. The fourth-order valence-electron chi connectivity index (χ4n) is 0.618. The van der Waals surface area contributed by atoms with Crippen LogP contribution in [0.2, 0.25) is 0 Å². The minimum Gasteiger partial charge on any atom is -0.504 e. The van der Waals surface area contributed by atoms with Gasteiger partial charge in [-0.2, -0.15) is 0 Å². The molecule has 0 saturated heterocycles. The van der Waals surface area contributed by atoms with E-state index in [1.54, 1.807) is 6.08 Å². The molecule has 48 valence electrons. The average molecular weight is 124 g/mol. The van der Waals surface area contributed by atoms with E-state index in [1.807, 2.05) is 0 Å². The molecule has 0 fully saturated rings. The van der Waals surface area contributed by atoms with Gasteiger partial charge in [-0.15, -0.1) is 6.58 Å². The maximum atomic E-state index is 8.94. The van der Waals surface area contributed by atoms with Crippen LogP contribution in [0.3, 0.4) is 0 Å². The molecule has 1 aromatic heterocycles. The van der Waals surface area contributed by atoms with Crippen molar-refractivity contribution in [3.05, 3.63) is 30.7 Å². The van der Waals surface area contributed by atoms with Gasteiger partial charge in [0.2, 0.25) is 0 Å². The highest BCUT2D eigenvalue weighted by molar-refractivity contribution is 5.23. The Morgan fingerprint density at radius 2 is 2.56 bits per heavy atom. The van der Waals surface area contributed by atoms with Crippen LogP contribution in [0, 0.1) is 0 Å². The Hall–Kier alpha value is -1.18. The van der Waals surface area contributed by atoms with E-state index in [2.05, 4.69) is 6.58 Å². The van der Waals surface area contributed by atoms with Crippen molar-refractivity contribution in [1.82, 2.24) is 0 Å². The van der Waals surface area contributed by atoms with Crippen LogP contribution in [0.25, 0.3) is 0 Å². The predicted molar refractivity (Wildman–Crippen MR) is 34.3 cm³/mol. The van der Waals surface area contributed by atoms with E-state index < -0.39 is 0 Å². The maximum Gasteiger partial charge on any atom is 0.157 e. The summed E-state index contributed by atoms with van der Waals surface area (Å²) >= 11 is 0. The van der Waals surface area contributed by atoms with Crippen molar-refractivity contribution >= 4 is 0 Å². The number of furan rings is 1. The smallest absolute Gasteiger partial charge is 0.157 e. The molecule has 0 unspecified atom stereocenters. The molecule has 0 aliphatic heterocycles. The van der Waals surface area contributed by atoms with E-state index in [9.17, 15) is 0 Å². The quantitative estimate of drug-likeness (QED) is 0.609. The van der Waals surface area contributed by atoms with Gasteiger partial charge in [-0.05, 0) is 0 Å². The van der Waals surface area contributed by atoms with Crippen LogP contribution in [0.5, 0.6) is 5.75 Å². The minimum atomic E-state index is 0.204. The minimum absolute atomic E-state index is 0.204. The van der Waals surface area contributed by atoms with Gasteiger partial charge in [-0.3, -0.25) is 0 Å². The van der Waals surface area contributed by atoms with Gasteiger partial charge in [0, 0.05) is 12.5 Å². The van der Waals surface area contributed by atoms with E-state index in [4.69, 9.17) is 9.52 Å². The van der Waals surface area contributed by atoms with Gasteiger partial charge >= 0.3 is 0 Å². The summed E-state index contributed by atoms with van der Waals surface area (Å²) in [7, 11) is 0. The van der Waals surface area contributed by atoms with E-state index in [1.165, 1.54) is 12.3 Å². The van der Waals surface area contributed by atoms with Crippen molar-refractivity contribution in [3.8, 4) is 5.75 Å². The van der Waals surface area contributed by atoms with Crippen molar-refractivity contribution in [2.45, 2.75) is 6.42 Å². The largest absolute Gasteiger partial charge is 0.504 e. The topological polar surface area (TPSA) is 33.4 Å². The molecule has 1 aromatic rings. The summed E-state index contributed by atoms with van der Waals surface area (Å²) in [5, 5.41) is 8.94. The normalized spacial score (nSPS) is 9.33. The summed E-state index contributed by atoms with van der Waals surface area (Å²) in [5.74, 6) is 0.778. The average Bonchev–Trinajstić information content (AvgIpc) is 2.18. The first-order valence-electron chi connectivity index (χ1n) is 2.71. The second kappa shape index (κ2) is 2.40. The molecule has 0 aliphatic rings. The fourth-order valence-corrected chi connectivity index (χ4v) is 0.618. The van der Waals surface area contributed by atoms with Gasteiger partial charge in [-0.1, -0.05) is 6.08 Å². The number of hydrogen-bond donors (Lipinski definition) is 1. The SMILES string of the molecule is C=CCc1occc1O. The lowest BCUT2D eigenvalue weighted by molar-refractivity contribution is 0.437. The van der Waals surface area contributed by atoms with Crippen LogP contribution >= 0.6 is 0 Å². The summed E-state index contributed by atoms with van der Waals surface area (Å²) in [6.45, 7) is 3.51. The molecular formula is C7H8O2. The number of rotatable bonds is 2. The van der Waals surface area contributed by atoms with Crippen LogP contribution in [-0.2, 0) is 6.42 Å². The lowest BCUT2D eigenvalue weighted by Gasteiger charge is -1.87. The summed E-state index contributed by atoms with van der Waals surface area (Å²) in [6.07, 6.45) is 3.71. The Balaban J connectivity index is 2.80. The van der Waals surface area contributed by atoms with Crippen LogP contribution < -0.4 is 0 Å². The molecular weight excluding hydrogens is 116 g/mol. The van der Waals surface area contributed by atoms with Gasteiger partial charge in [-0.25, -0.2) is 0 Å². The Morgan fingerprint density at radius 3 is 3.00 bits per heavy atom. The maximum absolute atomic E-state index is 8.94. The molecule has 0 aliphatic carbocycles. The third-order valence-corrected chi connectivity index (χ3v) is 1.05. The molecule has 1 rings (SSSR count). The Labute approximate surface area is 53.4 Å². The van der Waals surface area contributed by atoms with Crippen LogP contribution in [0.1, 0.15) is 5.76 Å². The van der Waals surface area contributed by atoms with E-state index in [-0.39, 0.29) is 5.75 Å². The molecule has 1 N–H and O–H groups in total. The first kappa shape index (κ1) is 5.95. The number of aromatic hydroxyl groups is 1. The van der Waals surface area contributed by atoms with Gasteiger partial charge in [0.25, 0.3) is 0 Å². The first-order valence-corrected chi connectivity index (χ1v) is 2.71. The van der Waals surface area contributed by atoms with Gasteiger partial charge < -0.3 is 9.52 Å². The van der Waals surface area contributed by atoms with Gasteiger partial charge in [0.15, 0.2) is 5.75 Å². The summed E-state index contributed by atoms with van der Waals surface area (Å²) in [6, 6.07) is 1.51. The highest BCUT2D eigenvalue weighted by Gasteiger charge is 1.99. The zero-order valence-corrected chi connectivity index (χ0v) is 5.00. The second-order valence-corrected chi connectivity index (χ2v) is 1.72. The second-order valence-electron chi connectivity index (χ2n) is 1.72. The molecule has 0 atom stereocenters. The van der Waals surface area contributed by atoms with Crippen LogP contribution in [0.4, 0.5) is 0 Å². The predicted octanol–water partition coefficient (Wildman–Crippen LogP) is 1.71. The van der Waals surface area contributed by atoms with E-state index >= 15 is 0 Å². The fraction of sp³-hybridized carbons (Fsp3) is 0.143. The lowest BCUT2D eigenvalue weighted by atomic mass is 10.3. The molecule has 0 spiro atoms. The zero-order chi connectivity index (χ0) is 6.69. The highest BCUT2D eigenvalue weighted by Crippen LogP contribution is 2.17. The van der Waals surface area contributed by atoms with Crippen molar-refractivity contribution in [3.63, 3.8) is 0 Å². The molecule has 0 bridgehead atoms. The monoisotopic (exact) mass is 124 g/mol. The zero-order valence-electron chi connectivity index (χ0n) is 5.00. The molecule has 0 saturated carbocycles. The standard InChI is InChI=1S/C7H8O2/c1-2-3-7-6(8)4-5-9-7/h2,4-5,8H,1,3H2. The Bertz CT molecular complexity index is 200. The summed E-state index contributed by atoms with van der Waals surface area (Å²) in [5.41, 5.74) is 0. The summed E-state index contributed by atoms with van der Waals surface area (Å²) < 4.78 is 4.88. The molecule has 2 heteroatoms.